The number of hydrogen-bond acceptors (Lipinski definition) is 4. The molecule has 7 nitrogen and oxygen atoms in total. The molecule has 0 saturated carbocycles. The summed E-state index contributed by atoms with van der Waals surface area (Å²) >= 11 is 0. The van der Waals surface area contributed by atoms with Gasteiger partial charge in [0, 0.05) is 28.7 Å². The number of ether oxygens (including phenoxy) is 1. The van der Waals surface area contributed by atoms with E-state index >= 15 is 0 Å². The average molecular weight is 498 g/mol. The Labute approximate surface area is 212 Å². The lowest BCUT2D eigenvalue weighted by molar-refractivity contribution is -0.122. The van der Waals surface area contributed by atoms with Gasteiger partial charge in [-0.05, 0) is 74.0 Å². The van der Waals surface area contributed by atoms with Gasteiger partial charge in [0.2, 0.25) is 0 Å². The third-order valence-electron chi connectivity index (χ3n) is 6.50. The minimum absolute atomic E-state index is 0.152. The number of fused-ring (bicyclic) bond motifs is 1. The van der Waals surface area contributed by atoms with Gasteiger partial charge in [0.1, 0.15) is 17.1 Å². The van der Waals surface area contributed by atoms with Crippen LogP contribution in [0.25, 0.3) is 17.0 Å². The van der Waals surface area contributed by atoms with Crippen molar-refractivity contribution in [2.75, 3.05) is 12.0 Å². The largest absolute Gasteiger partial charge is 0.497 e. The number of halogens is 1. The number of aromatic nitrogens is 1. The van der Waals surface area contributed by atoms with Crippen molar-refractivity contribution in [1.82, 2.24) is 9.88 Å². The number of benzene rings is 3. The molecule has 186 valence electrons. The van der Waals surface area contributed by atoms with E-state index in [4.69, 9.17) is 4.74 Å². The molecular weight excluding hydrogens is 473 g/mol. The van der Waals surface area contributed by atoms with E-state index in [0.29, 0.717) is 23.5 Å². The van der Waals surface area contributed by atoms with Gasteiger partial charge in [-0.1, -0.05) is 23.8 Å². The second-order valence-corrected chi connectivity index (χ2v) is 8.89. The van der Waals surface area contributed by atoms with E-state index in [2.05, 4.69) is 9.88 Å². The van der Waals surface area contributed by atoms with Gasteiger partial charge in [0.25, 0.3) is 11.8 Å². The molecule has 4 aromatic rings. The maximum atomic E-state index is 13.5. The molecule has 1 aliphatic rings. The fourth-order valence-electron chi connectivity index (χ4n) is 4.55. The molecule has 8 heteroatoms. The van der Waals surface area contributed by atoms with Crippen LogP contribution in [-0.2, 0) is 16.1 Å². The summed E-state index contributed by atoms with van der Waals surface area (Å²) in [6.07, 6.45) is 1.54. The molecular formula is C29H24FN3O4. The number of barbiturate groups is 1. The Morgan fingerprint density at radius 2 is 1.65 bits per heavy atom. The van der Waals surface area contributed by atoms with Crippen LogP contribution in [0.15, 0.2) is 72.3 Å². The maximum Gasteiger partial charge on any atom is 0.335 e. The molecule has 0 aliphatic carbocycles. The molecule has 1 N–H and O–H groups in total. The van der Waals surface area contributed by atoms with E-state index in [0.717, 1.165) is 32.6 Å². The van der Waals surface area contributed by atoms with E-state index in [1.54, 1.807) is 42.5 Å². The van der Waals surface area contributed by atoms with Crippen LogP contribution in [0.4, 0.5) is 14.9 Å². The van der Waals surface area contributed by atoms with E-state index in [9.17, 15) is 18.8 Å². The van der Waals surface area contributed by atoms with Crippen molar-refractivity contribution in [1.29, 1.82) is 0 Å². The van der Waals surface area contributed by atoms with E-state index in [1.165, 1.54) is 19.2 Å². The van der Waals surface area contributed by atoms with Gasteiger partial charge < -0.3 is 9.30 Å². The predicted molar refractivity (Wildman–Crippen MR) is 139 cm³/mol. The first-order valence-corrected chi connectivity index (χ1v) is 11.7. The van der Waals surface area contributed by atoms with Crippen LogP contribution in [0, 0.1) is 19.7 Å². The van der Waals surface area contributed by atoms with Gasteiger partial charge >= 0.3 is 6.03 Å². The molecule has 3 aromatic carbocycles. The summed E-state index contributed by atoms with van der Waals surface area (Å²) in [7, 11) is 1.52. The first kappa shape index (κ1) is 24.0. The van der Waals surface area contributed by atoms with Crippen molar-refractivity contribution in [2.24, 2.45) is 0 Å². The summed E-state index contributed by atoms with van der Waals surface area (Å²) in [5.41, 5.74) is 4.51. The number of nitrogens with zero attached hydrogens (tertiary/aromatic N) is 2. The smallest absolute Gasteiger partial charge is 0.335 e. The number of anilines is 1. The summed E-state index contributed by atoms with van der Waals surface area (Å²) in [6.45, 7) is 4.35. The van der Waals surface area contributed by atoms with Crippen LogP contribution in [0.1, 0.15) is 22.4 Å². The van der Waals surface area contributed by atoms with E-state index in [-0.39, 0.29) is 11.4 Å². The number of nitrogens with one attached hydrogen (secondary N) is 1. The SMILES string of the molecule is COc1ccc(N2C(=O)NC(=O)/C(=C\c3c(C)n(Cc4ccc(F)cc4)c4ccc(C)cc34)C2=O)cc1. The number of methoxy groups -OCH3 is 1. The van der Waals surface area contributed by atoms with Crippen molar-refractivity contribution < 1.29 is 23.5 Å². The molecule has 0 radical (unpaired) electrons. The quantitative estimate of drug-likeness (QED) is 0.307. The van der Waals surface area contributed by atoms with Gasteiger partial charge in [-0.15, -0.1) is 0 Å². The van der Waals surface area contributed by atoms with Crippen molar-refractivity contribution in [2.45, 2.75) is 20.4 Å². The molecule has 1 aliphatic heterocycles. The third-order valence-corrected chi connectivity index (χ3v) is 6.50. The minimum atomic E-state index is -0.816. The molecule has 5 rings (SSSR count). The lowest BCUT2D eigenvalue weighted by atomic mass is 10.0. The Bertz CT molecular complexity index is 1580. The molecule has 4 amide bonds. The van der Waals surface area contributed by atoms with E-state index < -0.39 is 17.8 Å². The lowest BCUT2D eigenvalue weighted by Crippen LogP contribution is -2.54. The lowest BCUT2D eigenvalue weighted by Gasteiger charge is -2.26. The number of rotatable bonds is 5. The third kappa shape index (κ3) is 4.38. The molecule has 1 saturated heterocycles. The highest BCUT2D eigenvalue weighted by atomic mass is 19.1. The van der Waals surface area contributed by atoms with Crippen molar-refractivity contribution in [3.8, 4) is 5.75 Å². The highest BCUT2D eigenvalue weighted by Crippen LogP contribution is 2.31. The standard InChI is InChI=1S/C29H24FN3O4/c1-17-4-13-26-24(14-17)23(18(2)32(26)16-19-5-7-20(30)8-6-19)15-25-27(34)31-29(36)33(28(25)35)21-9-11-22(37-3)12-10-21/h4-15H,16H2,1-3H3,(H,31,34,36)/b25-15+. The number of hydrogen-bond donors (Lipinski definition) is 1. The van der Waals surface area contributed by atoms with Gasteiger partial charge in [-0.3, -0.25) is 14.9 Å². The van der Waals surface area contributed by atoms with Crippen LogP contribution < -0.4 is 15.0 Å². The number of urea groups is 1. The molecule has 37 heavy (non-hydrogen) atoms. The predicted octanol–water partition coefficient (Wildman–Crippen LogP) is 5.12. The first-order chi connectivity index (χ1) is 17.8. The molecule has 1 fully saturated rings. The number of imide groups is 2. The monoisotopic (exact) mass is 497 g/mol. The second kappa shape index (κ2) is 9.39. The fourth-order valence-corrected chi connectivity index (χ4v) is 4.55. The van der Waals surface area contributed by atoms with Crippen LogP contribution in [0.2, 0.25) is 0 Å². The number of carbonyl (C=O) groups is 3. The summed E-state index contributed by atoms with van der Waals surface area (Å²) in [4.78, 5) is 39.8. The molecule has 1 aromatic heterocycles. The zero-order valence-electron chi connectivity index (χ0n) is 20.5. The summed E-state index contributed by atoms with van der Waals surface area (Å²) in [5.74, 6) is -1.21. The topological polar surface area (TPSA) is 80.6 Å². The number of carbonyl (C=O) groups excluding carboxylic acids is 3. The van der Waals surface area contributed by atoms with Gasteiger partial charge in [0.05, 0.1) is 12.8 Å². The van der Waals surface area contributed by atoms with E-state index in [1.807, 2.05) is 32.0 Å². The summed E-state index contributed by atoms with van der Waals surface area (Å²) in [6, 6.07) is 17.8. The van der Waals surface area contributed by atoms with Crippen LogP contribution in [0.5, 0.6) is 5.75 Å². The second-order valence-electron chi connectivity index (χ2n) is 8.89. The van der Waals surface area contributed by atoms with Crippen LogP contribution in [0.3, 0.4) is 0 Å². The number of amides is 4. The molecule has 0 bridgehead atoms. The number of aryl methyl sites for hydroxylation is 1. The van der Waals surface area contributed by atoms with Crippen molar-refractivity contribution in [3.63, 3.8) is 0 Å². The van der Waals surface area contributed by atoms with Crippen LogP contribution >= 0.6 is 0 Å². The molecule has 2 heterocycles. The Hall–Kier alpha value is -4.72. The van der Waals surface area contributed by atoms with Gasteiger partial charge in [-0.25, -0.2) is 14.1 Å². The van der Waals surface area contributed by atoms with Crippen molar-refractivity contribution in [3.05, 3.63) is 101 Å². The average Bonchev–Trinajstić information content (AvgIpc) is 3.13. The summed E-state index contributed by atoms with van der Waals surface area (Å²) < 4.78 is 20.7. The minimum Gasteiger partial charge on any atom is -0.497 e. The Morgan fingerprint density at radius 1 is 0.946 bits per heavy atom. The Morgan fingerprint density at radius 3 is 2.32 bits per heavy atom. The maximum absolute atomic E-state index is 13.5. The van der Waals surface area contributed by atoms with Crippen LogP contribution in [-0.4, -0.2) is 29.5 Å². The zero-order valence-corrected chi connectivity index (χ0v) is 20.5. The molecule has 0 unspecified atom stereocenters. The highest BCUT2D eigenvalue weighted by molar-refractivity contribution is 6.39. The summed E-state index contributed by atoms with van der Waals surface area (Å²) in [5, 5.41) is 3.14. The van der Waals surface area contributed by atoms with Gasteiger partial charge in [0.15, 0.2) is 0 Å². The Balaban J connectivity index is 1.61. The molecule has 0 spiro atoms. The van der Waals surface area contributed by atoms with Gasteiger partial charge in [-0.2, -0.15) is 0 Å². The zero-order chi connectivity index (χ0) is 26.3. The highest BCUT2D eigenvalue weighted by Gasteiger charge is 2.37. The molecule has 0 atom stereocenters. The first-order valence-electron chi connectivity index (χ1n) is 11.7. The Kier molecular flexibility index (Phi) is 6.09. The normalized spacial score (nSPS) is 15.0. The fraction of sp³-hybridized carbons (Fsp3) is 0.138. The van der Waals surface area contributed by atoms with Crippen molar-refractivity contribution >= 4 is 40.5 Å².